The minimum absolute atomic E-state index is 0.106. The van der Waals surface area contributed by atoms with E-state index < -0.39 is 0 Å². The van der Waals surface area contributed by atoms with Gasteiger partial charge in [0, 0.05) is 50.9 Å². The van der Waals surface area contributed by atoms with E-state index in [-0.39, 0.29) is 10.6 Å². The summed E-state index contributed by atoms with van der Waals surface area (Å²) in [4.78, 5) is 17.0. The molecule has 132 valence electrons. The predicted octanol–water partition coefficient (Wildman–Crippen LogP) is 1.99. The van der Waals surface area contributed by atoms with E-state index in [0.29, 0.717) is 24.5 Å². The van der Waals surface area contributed by atoms with Gasteiger partial charge in [0.2, 0.25) is 0 Å². The second-order valence-corrected chi connectivity index (χ2v) is 6.63. The SMILES string of the molecule is CN=C(NCc1ccc([N+](=O)[O-])cc1)NC1CN(C(C)C)CC1C. The summed E-state index contributed by atoms with van der Waals surface area (Å²) in [5.74, 6) is 1.32. The van der Waals surface area contributed by atoms with Gasteiger partial charge in [-0.25, -0.2) is 0 Å². The Morgan fingerprint density at radius 2 is 2.04 bits per heavy atom. The van der Waals surface area contributed by atoms with E-state index in [1.54, 1.807) is 19.2 Å². The van der Waals surface area contributed by atoms with Gasteiger partial charge in [-0.3, -0.25) is 20.0 Å². The first-order valence-corrected chi connectivity index (χ1v) is 8.35. The van der Waals surface area contributed by atoms with E-state index in [4.69, 9.17) is 0 Å². The maximum atomic E-state index is 10.7. The van der Waals surface area contributed by atoms with Gasteiger partial charge in [0.15, 0.2) is 5.96 Å². The van der Waals surface area contributed by atoms with E-state index in [1.165, 1.54) is 12.1 Å². The maximum Gasteiger partial charge on any atom is 0.269 e. The van der Waals surface area contributed by atoms with Crippen LogP contribution >= 0.6 is 0 Å². The van der Waals surface area contributed by atoms with Crippen molar-refractivity contribution in [2.24, 2.45) is 10.9 Å². The zero-order chi connectivity index (χ0) is 17.7. The van der Waals surface area contributed by atoms with Gasteiger partial charge in [-0.15, -0.1) is 0 Å². The van der Waals surface area contributed by atoms with Gasteiger partial charge in [0.05, 0.1) is 4.92 Å². The van der Waals surface area contributed by atoms with Crippen LogP contribution in [0.3, 0.4) is 0 Å². The minimum Gasteiger partial charge on any atom is -0.352 e. The molecule has 2 rings (SSSR count). The highest BCUT2D eigenvalue weighted by Crippen LogP contribution is 2.18. The first-order chi connectivity index (χ1) is 11.4. The molecule has 0 aliphatic carbocycles. The van der Waals surface area contributed by atoms with Crippen molar-refractivity contribution in [3.63, 3.8) is 0 Å². The maximum absolute atomic E-state index is 10.7. The van der Waals surface area contributed by atoms with E-state index >= 15 is 0 Å². The third-order valence-corrected chi connectivity index (χ3v) is 4.52. The van der Waals surface area contributed by atoms with Gasteiger partial charge >= 0.3 is 0 Å². The highest BCUT2D eigenvalue weighted by Gasteiger charge is 2.31. The number of likely N-dealkylation sites (tertiary alicyclic amines) is 1. The third-order valence-electron chi connectivity index (χ3n) is 4.52. The van der Waals surface area contributed by atoms with E-state index in [9.17, 15) is 10.1 Å². The molecule has 1 heterocycles. The summed E-state index contributed by atoms with van der Waals surface area (Å²) in [5.41, 5.74) is 1.08. The molecule has 1 aliphatic rings. The van der Waals surface area contributed by atoms with Gasteiger partial charge in [0.25, 0.3) is 5.69 Å². The van der Waals surface area contributed by atoms with Gasteiger partial charge in [-0.2, -0.15) is 0 Å². The predicted molar refractivity (Wildman–Crippen MR) is 96.1 cm³/mol. The Bertz CT molecular complexity index is 585. The van der Waals surface area contributed by atoms with E-state index in [0.717, 1.165) is 24.6 Å². The molecule has 1 fully saturated rings. The number of nitro groups is 1. The van der Waals surface area contributed by atoms with Crippen LogP contribution in [-0.4, -0.2) is 48.0 Å². The molecule has 24 heavy (non-hydrogen) atoms. The van der Waals surface area contributed by atoms with E-state index in [1.807, 2.05) is 0 Å². The number of guanidine groups is 1. The molecule has 7 heteroatoms. The van der Waals surface area contributed by atoms with Crippen LogP contribution in [0, 0.1) is 16.0 Å². The Kier molecular flexibility index (Phi) is 6.14. The highest BCUT2D eigenvalue weighted by atomic mass is 16.6. The second-order valence-electron chi connectivity index (χ2n) is 6.63. The molecule has 2 unspecified atom stereocenters. The van der Waals surface area contributed by atoms with Gasteiger partial charge in [0.1, 0.15) is 0 Å². The van der Waals surface area contributed by atoms with E-state index in [2.05, 4.69) is 41.3 Å². The highest BCUT2D eigenvalue weighted by molar-refractivity contribution is 5.80. The number of non-ortho nitro benzene ring substituents is 1. The Morgan fingerprint density at radius 1 is 1.38 bits per heavy atom. The first kappa shape index (κ1) is 18.2. The lowest BCUT2D eigenvalue weighted by molar-refractivity contribution is -0.384. The molecule has 0 amide bonds. The smallest absolute Gasteiger partial charge is 0.269 e. The van der Waals surface area contributed by atoms with Crippen molar-refractivity contribution < 1.29 is 4.92 Å². The minimum atomic E-state index is -0.389. The molecule has 0 saturated carbocycles. The topological polar surface area (TPSA) is 82.8 Å². The molecule has 0 radical (unpaired) electrons. The number of aliphatic imine (C=N–C) groups is 1. The normalized spacial score (nSPS) is 22.0. The van der Waals surface area contributed by atoms with Crippen LogP contribution in [0.1, 0.15) is 26.3 Å². The standard InChI is InChI=1S/C17H27N5O2/c1-12(2)21-10-13(3)16(11-21)20-17(18-4)19-9-14-5-7-15(8-6-14)22(23)24/h5-8,12-13,16H,9-11H2,1-4H3,(H2,18,19,20). The van der Waals surface area contributed by atoms with Crippen molar-refractivity contribution in [3.8, 4) is 0 Å². The van der Waals surface area contributed by atoms with Crippen LogP contribution < -0.4 is 10.6 Å². The average Bonchev–Trinajstić information content (AvgIpc) is 2.93. The molecule has 1 saturated heterocycles. The monoisotopic (exact) mass is 333 g/mol. The molecular weight excluding hydrogens is 306 g/mol. The summed E-state index contributed by atoms with van der Waals surface area (Å²) in [6, 6.07) is 7.48. The third kappa shape index (κ3) is 4.67. The first-order valence-electron chi connectivity index (χ1n) is 8.35. The molecule has 1 aromatic carbocycles. The fourth-order valence-electron chi connectivity index (χ4n) is 2.91. The second kappa shape index (κ2) is 8.10. The summed E-state index contributed by atoms with van der Waals surface area (Å²) >= 11 is 0. The number of nitro benzene ring substituents is 1. The van der Waals surface area contributed by atoms with Crippen LogP contribution in [0.25, 0.3) is 0 Å². The molecule has 1 aromatic rings. The molecule has 2 atom stereocenters. The Labute approximate surface area is 143 Å². The zero-order valence-corrected chi connectivity index (χ0v) is 14.8. The van der Waals surface area contributed by atoms with Crippen LogP contribution in [0.15, 0.2) is 29.3 Å². The molecule has 0 spiro atoms. The van der Waals surface area contributed by atoms with Crippen molar-refractivity contribution >= 4 is 11.6 Å². The number of nitrogens with one attached hydrogen (secondary N) is 2. The number of hydrogen-bond donors (Lipinski definition) is 2. The Balaban J connectivity index is 1.87. The van der Waals surface area contributed by atoms with Crippen LogP contribution in [0.2, 0.25) is 0 Å². The molecule has 0 aromatic heterocycles. The summed E-state index contributed by atoms with van der Waals surface area (Å²) in [7, 11) is 1.75. The fraction of sp³-hybridized carbons (Fsp3) is 0.588. The van der Waals surface area contributed by atoms with Crippen molar-refractivity contribution in [1.29, 1.82) is 0 Å². The summed E-state index contributed by atoms with van der Waals surface area (Å²) in [6.45, 7) is 9.37. The lowest BCUT2D eigenvalue weighted by atomic mass is 10.1. The number of benzene rings is 1. The molecular formula is C17H27N5O2. The zero-order valence-electron chi connectivity index (χ0n) is 14.8. The van der Waals surface area contributed by atoms with Crippen LogP contribution in [0.4, 0.5) is 5.69 Å². The van der Waals surface area contributed by atoms with Gasteiger partial charge in [-0.05, 0) is 25.3 Å². The number of hydrogen-bond acceptors (Lipinski definition) is 4. The average molecular weight is 333 g/mol. The quantitative estimate of drug-likeness (QED) is 0.373. The van der Waals surface area contributed by atoms with Crippen molar-refractivity contribution in [2.75, 3.05) is 20.1 Å². The summed E-state index contributed by atoms with van der Waals surface area (Å²) in [5, 5.41) is 17.4. The number of rotatable bonds is 5. The van der Waals surface area contributed by atoms with Crippen molar-refractivity contribution in [3.05, 3.63) is 39.9 Å². The lowest BCUT2D eigenvalue weighted by Gasteiger charge is -2.22. The Hall–Kier alpha value is -2.15. The molecule has 2 N–H and O–H groups in total. The van der Waals surface area contributed by atoms with Crippen molar-refractivity contribution in [2.45, 2.75) is 39.4 Å². The molecule has 7 nitrogen and oxygen atoms in total. The molecule has 0 bridgehead atoms. The van der Waals surface area contributed by atoms with Gasteiger partial charge in [-0.1, -0.05) is 19.1 Å². The Morgan fingerprint density at radius 3 is 2.54 bits per heavy atom. The summed E-state index contributed by atoms with van der Waals surface area (Å²) < 4.78 is 0. The number of nitrogens with zero attached hydrogens (tertiary/aromatic N) is 3. The van der Waals surface area contributed by atoms with Gasteiger partial charge < -0.3 is 10.6 Å². The van der Waals surface area contributed by atoms with Crippen molar-refractivity contribution in [1.82, 2.24) is 15.5 Å². The fourth-order valence-corrected chi connectivity index (χ4v) is 2.91. The van der Waals surface area contributed by atoms with Crippen LogP contribution in [0.5, 0.6) is 0 Å². The molecule has 1 aliphatic heterocycles. The summed E-state index contributed by atoms with van der Waals surface area (Å²) in [6.07, 6.45) is 0. The lowest BCUT2D eigenvalue weighted by Crippen LogP contribution is -2.46. The largest absolute Gasteiger partial charge is 0.352 e. The van der Waals surface area contributed by atoms with Crippen LogP contribution in [-0.2, 0) is 6.54 Å².